The van der Waals surface area contributed by atoms with E-state index in [1.165, 1.54) is 5.56 Å². The molecule has 0 unspecified atom stereocenters. The second-order valence-corrected chi connectivity index (χ2v) is 6.17. The fourth-order valence-electron chi connectivity index (χ4n) is 2.77. The lowest BCUT2D eigenvalue weighted by Crippen LogP contribution is -2.44. The maximum Gasteiger partial charge on any atom is 0.260 e. The smallest absolute Gasteiger partial charge is 0.260 e. The van der Waals surface area contributed by atoms with E-state index in [2.05, 4.69) is 12.1 Å². The summed E-state index contributed by atoms with van der Waals surface area (Å²) in [4.78, 5) is 14.1. The van der Waals surface area contributed by atoms with Crippen molar-refractivity contribution in [2.45, 2.75) is 39.8 Å². The zero-order valence-electron chi connectivity index (χ0n) is 14.3. The average molecular weight is 311 g/mol. The van der Waals surface area contributed by atoms with Gasteiger partial charge in [0.15, 0.2) is 6.61 Å². The average Bonchev–Trinajstić information content (AvgIpc) is 2.53. The van der Waals surface area contributed by atoms with Crippen LogP contribution < -0.4 is 4.74 Å². The van der Waals surface area contributed by atoms with E-state index in [0.29, 0.717) is 5.75 Å². The van der Waals surface area contributed by atoms with Gasteiger partial charge >= 0.3 is 0 Å². The highest BCUT2D eigenvalue weighted by Gasteiger charge is 2.20. The summed E-state index contributed by atoms with van der Waals surface area (Å²) in [5, 5.41) is 0. The Hall–Kier alpha value is -2.29. The molecule has 1 amide bonds. The summed E-state index contributed by atoms with van der Waals surface area (Å²) in [5.74, 6) is 0.729. The van der Waals surface area contributed by atoms with Crippen LogP contribution in [0.4, 0.5) is 0 Å². The quantitative estimate of drug-likeness (QED) is 0.792. The van der Waals surface area contributed by atoms with Crippen LogP contribution in [0, 0.1) is 0 Å². The van der Waals surface area contributed by atoms with Crippen LogP contribution in [0.25, 0.3) is 11.1 Å². The first-order valence-corrected chi connectivity index (χ1v) is 8.08. The van der Waals surface area contributed by atoms with Crippen LogP contribution in [-0.4, -0.2) is 29.5 Å². The largest absolute Gasteiger partial charge is 0.484 e. The summed E-state index contributed by atoms with van der Waals surface area (Å²) in [7, 11) is 0. The number of rotatable bonds is 6. The zero-order chi connectivity index (χ0) is 16.8. The summed E-state index contributed by atoms with van der Waals surface area (Å²) in [6.07, 6.45) is 0. The van der Waals surface area contributed by atoms with Crippen LogP contribution >= 0.6 is 0 Å². The third kappa shape index (κ3) is 4.59. The third-order valence-corrected chi connectivity index (χ3v) is 3.72. The molecule has 0 fully saturated rings. The number of hydrogen-bond donors (Lipinski definition) is 0. The molecule has 0 atom stereocenters. The molecule has 2 aromatic carbocycles. The van der Waals surface area contributed by atoms with Crippen molar-refractivity contribution >= 4 is 5.91 Å². The summed E-state index contributed by atoms with van der Waals surface area (Å²) in [5.41, 5.74) is 2.30. The first-order valence-electron chi connectivity index (χ1n) is 8.08. The van der Waals surface area contributed by atoms with Gasteiger partial charge in [-0.15, -0.1) is 0 Å². The highest BCUT2D eigenvalue weighted by Crippen LogP contribution is 2.22. The van der Waals surface area contributed by atoms with Crippen molar-refractivity contribution in [3.05, 3.63) is 54.6 Å². The molecule has 0 aliphatic heterocycles. The molecule has 2 rings (SSSR count). The van der Waals surface area contributed by atoms with Crippen molar-refractivity contribution in [3.8, 4) is 16.9 Å². The standard InChI is InChI=1S/C20H25NO2/c1-15(2)21(16(3)4)20(22)14-23-19-12-10-18(11-13-19)17-8-6-5-7-9-17/h5-13,15-16H,14H2,1-4H3. The Morgan fingerprint density at radius 3 is 1.91 bits per heavy atom. The number of nitrogens with zero attached hydrogens (tertiary/aromatic N) is 1. The molecule has 0 bridgehead atoms. The Morgan fingerprint density at radius 2 is 1.39 bits per heavy atom. The first-order chi connectivity index (χ1) is 11.0. The van der Waals surface area contributed by atoms with Crippen molar-refractivity contribution in [1.82, 2.24) is 4.90 Å². The number of carbonyl (C=O) groups excluding carboxylic acids is 1. The monoisotopic (exact) mass is 311 g/mol. The minimum atomic E-state index is 0.0159. The van der Waals surface area contributed by atoms with Gasteiger partial charge in [0.05, 0.1) is 0 Å². The predicted molar refractivity (Wildman–Crippen MR) is 94.5 cm³/mol. The predicted octanol–water partition coefficient (Wildman–Crippen LogP) is 4.38. The zero-order valence-corrected chi connectivity index (χ0v) is 14.3. The fourth-order valence-corrected chi connectivity index (χ4v) is 2.77. The highest BCUT2D eigenvalue weighted by atomic mass is 16.5. The van der Waals surface area contributed by atoms with Gasteiger partial charge in [-0.05, 0) is 51.0 Å². The van der Waals surface area contributed by atoms with Gasteiger partial charge in [-0.25, -0.2) is 0 Å². The van der Waals surface area contributed by atoms with Gasteiger partial charge in [-0.2, -0.15) is 0 Å². The van der Waals surface area contributed by atoms with E-state index < -0.39 is 0 Å². The van der Waals surface area contributed by atoms with Crippen LogP contribution in [0.2, 0.25) is 0 Å². The maximum absolute atomic E-state index is 12.3. The maximum atomic E-state index is 12.3. The Balaban J connectivity index is 1.98. The molecule has 0 aliphatic carbocycles. The minimum absolute atomic E-state index is 0.0159. The van der Waals surface area contributed by atoms with Crippen LogP contribution in [-0.2, 0) is 4.79 Å². The van der Waals surface area contributed by atoms with E-state index in [4.69, 9.17) is 4.74 Å². The van der Waals surface area contributed by atoms with E-state index in [9.17, 15) is 4.79 Å². The lowest BCUT2D eigenvalue weighted by atomic mass is 10.1. The summed E-state index contributed by atoms with van der Waals surface area (Å²) >= 11 is 0. The highest BCUT2D eigenvalue weighted by molar-refractivity contribution is 5.78. The van der Waals surface area contributed by atoms with Crippen LogP contribution in [0.1, 0.15) is 27.7 Å². The molecule has 0 N–H and O–H groups in total. The number of benzene rings is 2. The lowest BCUT2D eigenvalue weighted by molar-refractivity contribution is -0.136. The van der Waals surface area contributed by atoms with Gasteiger partial charge in [-0.3, -0.25) is 4.79 Å². The van der Waals surface area contributed by atoms with Gasteiger partial charge in [0.25, 0.3) is 5.91 Å². The van der Waals surface area contributed by atoms with E-state index in [1.54, 1.807) is 0 Å². The fraction of sp³-hybridized carbons (Fsp3) is 0.350. The van der Waals surface area contributed by atoms with E-state index in [-0.39, 0.29) is 24.6 Å². The molecule has 0 radical (unpaired) electrons. The van der Waals surface area contributed by atoms with Crippen molar-refractivity contribution in [1.29, 1.82) is 0 Å². The molecule has 2 aromatic rings. The number of ether oxygens (including phenoxy) is 1. The molecule has 0 aliphatic rings. The van der Waals surface area contributed by atoms with Crippen LogP contribution in [0.15, 0.2) is 54.6 Å². The minimum Gasteiger partial charge on any atom is -0.484 e. The van der Waals surface area contributed by atoms with Gasteiger partial charge in [-0.1, -0.05) is 42.5 Å². The third-order valence-electron chi connectivity index (χ3n) is 3.72. The Kier molecular flexibility index (Phi) is 5.80. The van der Waals surface area contributed by atoms with E-state index in [1.807, 2.05) is 75.1 Å². The lowest BCUT2D eigenvalue weighted by Gasteiger charge is -2.30. The topological polar surface area (TPSA) is 29.5 Å². The molecule has 3 nitrogen and oxygen atoms in total. The van der Waals surface area contributed by atoms with Crippen LogP contribution in [0.5, 0.6) is 5.75 Å². The molecule has 122 valence electrons. The Bertz CT molecular complexity index is 610. The van der Waals surface area contributed by atoms with Gasteiger partial charge in [0.2, 0.25) is 0 Å². The van der Waals surface area contributed by atoms with Crippen molar-refractivity contribution < 1.29 is 9.53 Å². The molecular weight excluding hydrogens is 286 g/mol. The second-order valence-electron chi connectivity index (χ2n) is 6.17. The molecule has 0 saturated heterocycles. The molecular formula is C20H25NO2. The molecule has 0 heterocycles. The second kappa shape index (κ2) is 7.82. The van der Waals surface area contributed by atoms with Gasteiger partial charge in [0.1, 0.15) is 5.75 Å². The van der Waals surface area contributed by atoms with E-state index >= 15 is 0 Å². The van der Waals surface area contributed by atoms with Crippen molar-refractivity contribution in [2.75, 3.05) is 6.61 Å². The Labute approximate surface area is 138 Å². The molecule has 3 heteroatoms. The summed E-state index contributed by atoms with van der Waals surface area (Å²) in [6, 6.07) is 18.4. The summed E-state index contributed by atoms with van der Waals surface area (Å²) in [6.45, 7) is 8.15. The van der Waals surface area contributed by atoms with Crippen molar-refractivity contribution in [3.63, 3.8) is 0 Å². The number of carbonyl (C=O) groups is 1. The summed E-state index contributed by atoms with van der Waals surface area (Å²) < 4.78 is 5.65. The molecule has 0 spiro atoms. The number of amides is 1. The van der Waals surface area contributed by atoms with E-state index in [0.717, 1.165) is 5.56 Å². The SMILES string of the molecule is CC(C)N(C(=O)COc1ccc(-c2ccccc2)cc1)C(C)C. The number of hydrogen-bond acceptors (Lipinski definition) is 2. The van der Waals surface area contributed by atoms with Crippen molar-refractivity contribution in [2.24, 2.45) is 0 Å². The molecule has 0 aromatic heterocycles. The molecule has 0 saturated carbocycles. The van der Waals surface area contributed by atoms with Crippen LogP contribution in [0.3, 0.4) is 0 Å². The first kappa shape index (κ1) is 17.1. The Morgan fingerprint density at radius 1 is 0.870 bits per heavy atom. The normalized spacial score (nSPS) is 10.9. The van der Waals surface area contributed by atoms with Gasteiger partial charge < -0.3 is 9.64 Å². The van der Waals surface area contributed by atoms with Gasteiger partial charge in [0, 0.05) is 12.1 Å². The molecule has 23 heavy (non-hydrogen) atoms.